The maximum atomic E-state index is 14.0. The molecule has 0 saturated heterocycles. The Morgan fingerprint density at radius 1 is 0.560 bits per heavy atom. The molecular formula is C22H17O2S+. The topological polar surface area (TPSA) is 26.3 Å². The van der Waals surface area contributed by atoms with Gasteiger partial charge in [-0.25, -0.2) is 0 Å². The van der Waals surface area contributed by atoms with E-state index in [1.54, 1.807) is 0 Å². The summed E-state index contributed by atoms with van der Waals surface area (Å²) in [4.78, 5) is 1.33. The molecule has 0 radical (unpaired) electrons. The van der Waals surface area contributed by atoms with E-state index in [2.05, 4.69) is 0 Å². The second-order valence-corrected chi connectivity index (χ2v) is 7.84. The molecule has 0 aromatic heterocycles. The summed E-state index contributed by atoms with van der Waals surface area (Å²) in [5.41, 5.74) is 0. The van der Waals surface area contributed by atoms with Crippen molar-refractivity contribution in [1.82, 2.24) is 0 Å². The SMILES string of the molecule is O=[S+](Oc1ccccc1)(c1ccccc1)c1ccc2ccccc2c1. The van der Waals surface area contributed by atoms with Crippen LogP contribution in [0.1, 0.15) is 0 Å². The Balaban J connectivity index is 1.88. The van der Waals surface area contributed by atoms with E-state index in [1.165, 1.54) is 0 Å². The molecule has 0 saturated carbocycles. The van der Waals surface area contributed by atoms with Crippen LogP contribution in [0.2, 0.25) is 0 Å². The minimum atomic E-state index is -2.89. The number of hydrogen-bond donors (Lipinski definition) is 0. The largest absolute Gasteiger partial charge is 0.325 e. The van der Waals surface area contributed by atoms with Gasteiger partial charge < -0.3 is 0 Å². The highest BCUT2D eigenvalue weighted by Crippen LogP contribution is 2.33. The lowest BCUT2D eigenvalue weighted by Crippen LogP contribution is -2.19. The van der Waals surface area contributed by atoms with Crippen LogP contribution in [0, 0.1) is 0 Å². The average Bonchev–Trinajstić information content (AvgIpc) is 2.69. The maximum absolute atomic E-state index is 14.0. The minimum Gasteiger partial charge on any atom is -0.275 e. The normalized spacial score (nSPS) is 13.3. The van der Waals surface area contributed by atoms with E-state index >= 15 is 0 Å². The Morgan fingerprint density at radius 2 is 1.16 bits per heavy atom. The zero-order valence-electron chi connectivity index (χ0n) is 13.5. The first-order chi connectivity index (χ1) is 12.3. The highest BCUT2D eigenvalue weighted by Gasteiger charge is 2.38. The van der Waals surface area contributed by atoms with Crippen LogP contribution in [0.3, 0.4) is 0 Å². The zero-order chi connectivity index (χ0) is 17.1. The van der Waals surface area contributed by atoms with Gasteiger partial charge in [0.15, 0.2) is 5.75 Å². The molecule has 0 spiro atoms. The van der Waals surface area contributed by atoms with E-state index in [0.717, 1.165) is 10.8 Å². The van der Waals surface area contributed by atoms with Gasteiger partial charge in [0.1, 0.15) is 0 Å². The summed E-state index contributed by atoms with van der Waals surface area (Å²) in [6, 6.07) is 32.5. The van der Waals surface area contributed by atoms with Crippen LogP contribution in [0.5, 0.6) is 5.75 Å². The van der Waals surface area contributed by atoms with Crippen molar-refractivity contribution < 1.29 is 8.39 Å². The molecule has 1 atom stereocenters. The first kappa shape index (κ1) is 15.6. The van der Waals surface area contributed by atoms with Gasteiger partial charge in [-0.2, -0.15) is 0 Å². The summed E-state index contributed by atoms with van der Waals surface area (Å²) in [5.74, 6) is 0.588. The molecule has 0 aliphatic rings. The first-order valence-corrected chi connectivity index (χ1v) is 9.57. The molecule has 4 rings (SSSR count). The van der Waals surface area contributed by atoms with Crippen molar-refractivity contribution in [2.45, 2.75) is 9.79 Å². The van der Waals surface area contributed by atoms with Crippen molar-refractivity contribution in [3.63, 3.8) is 0 Å². The average molecular weight is 345 g/mol. The number of rotatable bonds is 4. The van der Waals surface area contributed by atoms with Crippen LogP contribution < -0.4 is 4.18 Å². The highest BCUT2D eigenvalue weighted by atomic mass is 32.3. The molecule has 0 fully saturated rings. The molecule has 0 N–H and O–H groups in total. The lowest BCUT2D eigenvalue weighted by molar-refractivity contribution is 0.499. The number of fused-ring (bicyclic) bond motifs is 1. The number of benzene rings is 4. The second-order valence-electron chi connectivity index (χ2n) is 5.72. The molecule has 4 aromatic carbocycles. The third kappa shape index (κ3) is 3.06. The van der Waals surface area contributed by atoms with Gasteiger partial charge >= 0.3 is 10.2 Å². The van der Waals surface area contributed by atoms with Crippen molar-refractivity contribution in [3.8, 4) is 5.75 Å². The van der Waals surface area contributed by atoms with E-state index in [9.17, 15) is 4.21 Å². The van der Waals surface area contributed by atoms with Gasteiger partial charge in [-0.05, 0) is 51.4 Å². The Morgan fingerprint density at radius 3 is 1.88 bits per heavy atom. The minimum absolute atomic E-state index is 0.588. The van der Waals surface area contributed by atoms with Crippen LogP contribution in [-0.4, -0.2) is 0 Å². The van der Waals surface area contributed by atoms with Crippen LogP contribution >= 0.6 is 0 Å². The van der Waals surface area contributed by atoms with Crippen LogP contribution in [0.25, 0.3) is 10.8 Å². The summed E-state index contributed by atoms with van der Waals surface area (Å²) in [6.45, 7) is 0. The van der Waals surface area contributed by atoms with Crippen LogP contribution in [-0.2, 0) is 14.4 Å². The fraction of sp³-hybridized carbons (Fsp3) is 0. The van der Waals surface area contributed by atoms with Gasteiger partial charge in [0.05, 0.1) is 0 Å². The van der Waals surface area contributed by atoms with Crippen LogP contribution in [0.4, 0.5) is 0 Å². The summed E-state index contributed by atoms with van der Waals surface area (Å²) >= 11 is 0. The fourth-order valence-corrected chi connectivity index (χ4v) is 4.67. The number of hydrogen-bond acceptors (Lipinski definition) is 2. The molecule has 0 heterocycles. The predicted octanol–water partition coefficient (Wildman–Crippen LogP) is 5.75. The summed E-state index contributed by atoms with van der Waals surface area (Å²) in [6.07, 6.45) is 0. The molecule has 25 heavy (non-hydrogen) atoms. The summed E-state index contributed by atoms with van der Waals surface area (Å²) in [7, 11) is -2.89. The molecular weight excluding hydrogens is 328 g/mol. The zero-order valence-corrected chi connectivity index (χ0v) is 14.4. The van der Waals surface area contributed by atoms with Gasteiger partial charge in [0.2, 0.25) is 9.79 Å². The Kier molecular flexibility index (Phi) is 4.08. The van der Waals surface area contributed by atoms with Crippen molar-refractivity contribution in [1.29, 1.82) is 0 Å². The third-order valence-electron chi connectivity index (χ3n) is 4.04. The van der Waals surface area contributed by atoms with Gasteiger partial charge in [-0.1, -0.05) is 60.7 Å². The van der Waals surface area contributed by atoms with E-state index in [-0.39, 0.29) is 0 Å². The molecule has 1 unspecified atom stereocenters. The van der Waals surface area contributed by atoms with E-state index < -0.39 is 10.2 Å². The number of para-hydroxylation sites is 1. The summed E-state index contributed by atoms with van der Waals surface area (Å²) < 4.78 is 20.0. The van der Waals surface area contributed by atoms with E-state index in [4.69, 9.17) is 4.18 Å². The molecule has 0 bridgehead atoms. The lowest BCUT2D eigenvalue weighted by Gasteiger charge is -2.12. The third-order valence-corrected chi connectivity index (χ3v) is 6.24. The first-order valence-electron chi connectivity index (χ1n) is 8.08. The van der Waals surface area contributed by atoms with E-state index in [0.29, 0.717) is 15.5 Å². The monoisotopic (exact) mass is 345 g/mol. The van der Waals surface area contributed by atoms with E-state index in [1.807, 2.05) is 103 Å². The molecule has 122 valence electrons. The Bertz CT molecular complexity index is 1040. The smallest absolute Gasteiger partial charge is 0.275 e. The predicted molar refractivity (Wildman–Crippen MR) is 102 cm³/mol. The Labute approximate surface area is 148 Å². The summed E-state index contributed by atoms with van der Waals surface area (Å²) in [5, 5.41) is 2.15. The van der Waals surface area contributed by atoms with Crippen molar-refractivity contribution in [2.75, 3.05) is 0 Å². The fourth-order valence-electron chi connectivity index (χ4n) is 2.78. The molecule has 2 nitrogen and oxygen atoms in total. The molecule has 0 aliphatic carbocycles. The Hall–Kier alpha value is -2.91. The van der Waals surface area contributed by atoms with Gasteiger partial charge in [-0.15, -0.1) is 0 Å². The quantitative estimate of drug-likeness (QED) is 0.440. The molecule has 4 aromatic rings. The van der Waals surface area contributed by atoms with Crippen molar-refractivity contribution in [2.24, 2.45) is 0 Å². The molecule has 0 aliphatic heterocycles. The second kappa shape index (κ2) is 6.54. The van der Waals surface area contributed by atoms with Crippen molar-refractivity contribution >= 4 is 21.0 Å². The molecule has 3 heteroatoms. The molecule has 0 amide bonds. The van der Waals surface area contributed by atoms with Crippen LogP contribution in [0.15, 0.2) is 113 Å². The van der Waals surface area contributed by atoms with Gasteiger partial charge in [-0.3, -0.25) is 4.18 Å². The standard InChI is InChI=1S/C22H17O2S/c23-25(21-13-5-2-6-14-21,24-20-11-3-1-4-12-20)22-16-15-18-9-7-8-10-19(18)17-22/h1-17H/q+1. The lowest BCUT2D eigenvalue weighted by atomic mass is 10.1. The van der Waals surface area contributed by atoms with Crippen molar-refractivity contribution in [3.05, 3.63) is 103 Å². The maximum Gasteiger partial charge on any atom is 0.325 e. The van der Waals surface area contributed by atoms with Gasteiger partial charge in [0.25, 0.3) is 0 Å². The highest BCUT2D eigenvalue weighted by molar-refractivity contribution is 7.99. The van der Waals surface area contributed by atoms with Gasteiger partial charge in [0, 0.05) is 6.07 Å².